The molecule has 2 amide bonds. The van der Waals surface area contributed by atoms with Gasteiger partial charge < -0.3 is 15.9 Å². The highest BCUT2D eigenvalue weighted by molar-refractivity contribution is 6.08. The fourth-order valence-electron chi connectivity index (χ4n) is 1.16. The van der Waals surface area contributed by atoms with Gasteiger partial charge in [0, 0.05) is 5.69 Å². The van der Waals surface area contributed by atoms with Crippen molar-refractivity contribution >= 4 is 23.6 Å². The molecule has 0 radical (unpaired) electrons. The summed E-state index contributed by atoms with van der Waals surface area (Å²) in [5.41, 5.74) is 6.33. The van der Waals surface area contributed by atoms with Gasteiger partial charge in [-0.15, -0.1) is 0 Å². The number of carboxylic acid groups (broad SMARTS) is 2. The molecule has 0 spiro atoms. The standard InChI is InChI=1S/C9H10N2O4/c1-5-2-3-6(10)4-7(5)11(8(12)13)9(14)15/h2-4H,10H2,1H3,(H,12,13)(H,14,15). The quantitative estimate of drug-likeness (QED) is 0.612. The van der Waals surface area contributed by atoms with Crippen LogP contribution in [0, 0.1) is 6.92 Å². The molecular formula is C9H10N2O4. The van der Waals surface area contributed by atoms with Crippen molar-refractivity contribution in [1.82, 2.24) is 0 Å². The Morgan fingerprint density at radius 1 is 1.27 bits per heavy atom. The molecule has 0 heterocycles. The van der Waals surface area contributed by atoms with Gasteiger partial charge >= 0.3 is 12.2 Å². The minimum Gasteiger partial charge on any atom is -0.464 e. The number of rotatable bonds is 1. The molecule has 4 N–H and O–H groups in total. The number of nitrogens with two attached hydrogens (primary N) is 1. The first-order chi connectivity index (χ1) is 6.93. The number of amides is 2. The van der Waals surface area contributed by atoms with E-state index in [-0.39, 0.29) is 10.6 Å². The molecule has 0 aliphatic heterocycles. The normalized spacial score (nSPS) is 9.67. The lowest BCUT2D eigenvalue weighted by molar-refractivity contribution is 0.184. The molecule has 0 aliphatic carbocycles. The topological polar surface area (TPSA) is 104 Å². The van der Waals surface area contributed by atoms with Gasteiger partial charge in [0.25, 0.3) is 0 Å². The monoisotopic (exact) mass is 210 g/mol. The number of hydrogen-bond acceptors (Lipinski definition) is 3. The van der Waals surface area contributed by atoms with Crippen molar-refractivity contribution in [1.29, 1.82) is 0 Å². The van der Waals surface area contributed by atoms with Crippen molar-refractivity contribution in [2.75, 3.05) is 10.6 Å². The van der Waals surface area contributed by atoms with E-state index < -0.39 is 12.2 Å². The summed E-state index contributed by atoms with van der Waals surface area (Å²) < 4.78 is 0. The highest BCUT2D eigenvalue weighted by Crippen LogP contribution is 2.23. The van der Waals surface area contributed by atoms with Crippen LogP contribution >= 0.6 is 0 Å². The second-order valence-electron chi connectivity index (χ2n) is 2.95. The molecule has 1 rings (SSSR count). The van der Waals surface area contributed by atoms with Gasteiger partial charge in [-0.3, -0.25) is 0 Å². The molecule has 0 saturated carbocycles. The van der Waals surface area contributed by atoms with E-state index >= 15 is 0 Å². The van der Waals surface area contributed by atoms with Crippen LogP contribution in [-0.2, 0) is 0 Å². The summed E-state index contributed by atoms with van der Waals surface area (Å²) in [5.74, 6) is 0. The van der Waals surface area contributed by atoms with Crippen LogP contribution in [0.15, 0.2) is 18.2 Å². The zero-order valence-corrected chi connectivity index (χ0v) is 7.97. The van der Waals surface area contributed by atoms with Crippen molar-refractivity contribution in [2.45, 2.75) is 6.92 Å². The van der Waals surface area contributed by atoms with Crippen molar-refractivity contribution < 1.29 is 19.8 Å². The third-order valence-corrected chi connectivity index (χ3v) is 1.86. The minimum absolute atomic E-state index is 0.0509. The third kappa shape index (κ3) is 2.16. The maximum absolute atomic E-state index is 10.7. The first kappa shape index (κ1) is 10.8. The van der Waals surface area contributed by atoms with Crippen molar-refractivity contribution in [3.8, 4) is 0 Å². The molecule has 6 heteroatoms. The second kappa shape index (κ2) is 3.87. The summed E-state index contributed by atoms with van der Waals surface area (Å²) in [5, 5.41) is 17.4. The summed E-state index contributed by atoms with van der Waals surface area (Å²) in [7, 11) is 0. The number of aryl methyl sites for hydroxylation is 1. The van der Waals surface area contributed by atoms with Gasteiger partial charge in [-0.1, -0.05) is 6.07 Å². The van der Waals surface area contributed by atoms with Gasteiger partial charge in [0.05, 0.1) is 5.69 Å². The first-order valence-electron chi connectivity index (χ1n) is 4.05. The molecule has 1 aromatic carbocycles. The lowest BCUT2D eigenvalue weighted by Crippen LogP contribution is -2.34. The van der Waals surface area contributed by atoms with E-state index in [1.807, 2.05) is 0 Å². The van der Waals surface area contributed by atoms with E-state index in [9.17, 15) is 9.59 Å². The van der Waals surface area contributed by atoms with Crippen molar-refractivity contribution in [3.63, 3.8) is 0 Å². The van der Waals surface area contributed by atoms with Crippen molar-refractivity contribution in [2.24, 2.45) is 0 Å². The molecule has 0 unspecified atom stereocenters. The Labute approximate surface area is 85.5 Å². The van der Waals surface area contributed by atoms with Crippen LogP contribution in [0.5, 0.6) is 0 Å². The fourth-order valence-corrected chi connectivity index (χ4v) is 1.16. The number of nitrogens with zero attached hydrogens (tertiary/aromatic N) is 1. The SMILES string of the molecule is Cc1ccc(N)cc1N(C(=O)O)C(=O)O. The van der Waals surface area contributed by atoms with E-state index in [1.54, 1.807) is 19.1 Å². The van der Waals surface area contributed by atoms with E-state index in [0.717, 1.165) is 0 Å². The molecule has 0 aliphatic rings. The Bertz CT molecular complexity index is 403. The lowest BCUT2D eigenvalue weighted by Gasteiger charge is -2.16. The molecule has 15 heavy (non-hydrogen) atoms. The Balaban J connectivity index is 3.28. The van der Waals surface area contributed by atoms with E-state index in [0.29, 0.717) is 11.3 Å². The van der Waals surface area contributed by atoms with Crippen LogP contribution in [-0.4, -0.2) is 22.4 Å². The van der Waals surface area contributed by atoms with Crippen LogP contribution in [0.1, 0.15) is 5.56 Å². The number of imide groups is 1. The Morgan fingerprint density at radius 2 is 1.80 bits per heavy atom. The largest absolute Gasteiger partial charge is 0.464 e. The van der Waals surface area contributed by atoms with E-state index in [1.165, 1.54) is 6.07 Å². The number of anilines is 2. The van der Waals surface area contributed by atoms with Crippen LogP contribution in [0.4, 0.5) is 21.0 Å². The Hall–Kier alpha value is -2.24. The number of carbonyl (C=O) groups is 2. The third-order valence-electron chi connectivity index (χ3n) is 1.86. The van der Waals surface area contributed by atoms with Gasteiger partial charge in [-0.2, -0.15) is 4.90 Å². The van der Waals surface area contributed by atoms with E-state index in [2.05, 4.69) is 0 Å². The maximum atomic E-state index is 10.7. The predicted molar refractivity (Wildman–Crippen MR) is 54.1 cm³/mol. The molecule has 0 aromatic heterocycles. The predicted octanol–water partition coefficient (Wildman–Crippen LogP) is 1.74. The van der Waals surface area contributed by atoms with Crippen LogP contribution in [0.25, 0.3) is 0 Å². The van der Waals surface area contributed by atoms with Crippen LogP contribution < -0.4 is 10.6 Å². The van der Waals surface area contributed by atoms with E-state index in [4.69, 9.17) is 15.9 Å². The van der Waals surface area contributed by atoms with Gasteiger partial charge in [0.2, 0.25) is 0 Å². The summed E-state index contributed by atoms with van der Waals surface area (Å²) in [4.78, 5) is 21.6. The summed E-state index contributed by atoms with van der Waals surface area (Å²) in [6.07, 6.45) is -3.12. The lowest BCUT2D eigenvalue weighted by atomic mass is 10.1. The maximum Gasteiger partial charge on any atom is 0.421 e. The highest BCUT2D eigenvalue weighted by atomic mass is 16.4. The molecule has 6 nitrogen and oxygen atoms in total. The molecule has 1 aromatic rings. The molecule has 0 fully saturated rings. The molecular weight excluding hydrogens is 200 g/mol. The highest BCUT2D eigenvalue weighted by Gasteiger charge is 2.23. The average Bonchev–Trinajstić information content (AvgIpc) is 2.10. The fraction of sp³-hybridized carbons (Fsp3) is 0.111. The minimum atomic E-state index is -1.56. The summed E-state index contributed by atoms with van der Waals surface area (Å²) >= 11 is 0. The van der Waals surface area contributed by atoms with Crippen molar-refractivity contribution in [3.05, 3.63) is 23.8 Å². The molecule has 0 bridgehead atoms. The summed E-state index contributed by atoms with van der Waals surface area (Å²) in [6.45, 7) is 1.60. The zero-order chi connectivity index (χ0) is 11.6. The average molecular weight is 210 g/mol. The molecule has 80 valence electrons. The molecule has 0 atom stereocenters. The van der Waals surface area contributed by atoms with Gasteiger partial charge in [-0.25, -0.2) is 9.59 Å². The molecule has 0 saturated heterocycles. The second-order valence-corrected chi connectivity index (χ2v) is 2.95. The first-order valence-corrected chi connectivity index (χ1v) is 4.05. The van der Waals surface area contributed by atoms with Gasteiger partial charge in [0.1, 0.15) is 0 Å². The van der Waals surface area contributed by atoms with Gasteiger partial charge in [0.15, 0.2) is 0 Å². The number of benzene rings is 1. The zero-order valence-electron chi connectivity index (χ0n) is 7.97. The van der Waals surface area contributed by atoms with Crippen LogP contribution in [0.2, 0.25) is 0 Å². The smallest absolute Gasteiger partial charge is 0.421 e. The number of hydrogen-bond donors (Lipinski definition) is 3. The Morgan fingerprint density at radius 3 is 2.27 bits per heavy atom. The van der Waals surface area contributed by atoms with Gasteiger partial charge in [-0.05, 0) is 24.6 Å². The summed E-state index contributed by atoms with van der Waals surface area (Å²) in [6, 6.07) is 4.43. The van der Waals surface area contributed by atoms with Crippen LogP contribution in [0.3, 0.4) is 0 Å². The Kier molecular flexibility index (Phi) is 2.80. The number of nitrogen functional groups attached to an aromatic ring is 1.